The van der Waals surface area contributed by atoms with Gasteiger partial charge in [0.1, 0.15) is 12.1 Å². The average Bonchev–Trinajstić information content (AvgIpc) is 2.99. The molecule has 190 valence electrons. The number of nitriles is 1. The van der Waals surface area contributed by atoms with Crippen LogP contribution in [0.15, 0.2) is 51.7 Å². The Labute approximate surface area is 203 Å². The van der Waals surface area contributed by atoms with Crippen LogP contribution in [0.2, 0.25) is 0 Å². The molecule has 1 fully saturated rings. The number of benzene rings is 2. The van der Waals surface area contributed by atoms with Gasteiger partial charge in [-0.2, -0.15) is 18.4 Å². The zero-order chi connectivity index (χ0) is 26.1. The van der Waals surface area contributed by atoms with Crippen LogP contribution in [-0.4, -0.2) is 59.2 Å². The van der Waals surface area contributed by atoms with Crippen LogP contribution in [-0.2, 0) is 23.0 Å². The molecule has 1 aliphatic rings. The second kappa shape index (κ2) is 9.77. The summed E-state index contributed by atoms with van der Waals surface area (Å²) < 4.78 is 50.7. The number of halogens is 3. The Morgan fingerprint density at radius 2 is 2.00 bits per heavy atom. The van der Waals surface area contributed by atoms with E-state index in [1.807, 2.05) is 30.3 Å². The molecule has 0 spiro atoms. The molecule has 3 atom stereocenters. The van der Waals surface area contributed by atoms with Gasteiger partial charge in [0.25, 0.3) is 5.91 Å². The van der Waals surface area contributed by atoms with E-state index >= 15 is 0 Å². The summed E-state index contributed by atoms with van der Waals surface area (Å²) >= 11 is 0. The molecule has 1 aromatic heterocycles. The number of rotatable bonds is 5. The lowest BCUT2D eigenvalue weighted by molar-refractivity contribution is -0.270. The molecule has 0 radical (unpaired) electrons. The molecular weight excluding hydrogens is 481 g/mol. The molecule has 2 unspecified atom stereocenters. The Hall–Kier alpha value is -3.66. The minimum atomic E-state index is -4.92. The first-order chi connectivity index (χ1) is 17.0. The third kappa shape index (κ3) is 5.13. The van der Waals surface area contributed by atoms with Crippen LogP contribution >= 0.6 is 0 Å². The number of hydrogen-bond donors (Lipinski definition) is 3. The number of alkyl halides is 3. The molecular formula is C24H23F3N4O5. The van der Waals surface area contributed by atoms with Crippen molar-refractivity contribution in [1.82, 2.24) is 15.2 Å². The zero-order valence-electron chi connectivity index (χ0n) is 19.1. The van der Waals surface area contributed by atoms with Crippen LogP contribution in [0.1, 0.15) is 5.56 Å². The first-order valence-corrected chi connectivity index (χ1v) is 11.0. The monoisotopic (exact) mass is 504 g/mol. The molecule has 3 aromatic rings. The van der Waals surface area contributed by atoms with Gasteiger partial charge in [-0.15, -0.1) is 0 Å². The molecule has 1 amide bonds. The number of aromatic nitrogens is 1. The molecule has 0 saturated carbocycles. The van der Waals surface area contributed by atoms with Crippen LogP contribution in [0, 0.1) is 11.3 Å². The minimum Gasteiger partial charge on any atom is -0.408 e. The first-order valence-electron chi connectivity index (χ1n) is 11.0. The summed E-state index contributed by atoms with van der Waals surface area (Å²) in [7, 11) is 1.62. The standard InChI is InChI=1S/C24H23F3N4O5/c1-31-18-9-16(6-7-19(18)36-22(31)33)15-4-2-14(3-5-15)8-17(10-28)30-21(32)20-11-29-12-23(34,13-35-20)24(25,26)27/h2-7,9,17,20,29,34H,8,11-13H2,1H3,(H,30,32)/t17-,20?,23?/m0/s1. The van der Waals surface area contributed by atoms with Gasteiger partial charge in [0.05, 0.1) is 18.2 Å². The lowest BCUT2D eigenvalue weighted by Gasteiger charge is -2.28. The van der Waals surface area contributed by atoms with E-state index in [9.17, 15) is 33.1 Å². The molecule has 2 heterocycles. The molecule has 36 heavy (non-hydrogen) atoms. The van der Waals surface area contributed by atoms with Crippen LogP contribution in [0.5, 0.6) is 0 Å². The molecule has 1 aliphatic heterocycles. The van der Waals surface area contributed by atoms with Crippen LogP contribution in [0.3, 0.4) is 0 Å². The second-order valence-corrected chi connectivity index (χ2v) is 8.66. The Morgan fingerprint density at radius 1 is 1.31 bits per heavy atom. The normalized spacial score (nSPS) is 21.5. The van der Waals surface area contributed by atoms with Crippen molar-refractivity contribution in [2.24, 2.45) is 7.05 Å². The molecule has 9 nitrogen and oxygen atoms in total. The van der Waals surface area contributed by atoms with Crippen molar-refractivity contribution in [3.05, 3.63) is 58.6 Å². The molecule has 3 N–H and O–H groups in total. The number of β-amino-alcohol motifs (C(OH)–C–C–N with tert-alkyl or cyclic N) is 1. The number of amides is 1. The number of nitrogens with one attached hydrogen (secondary N) is 2. The van der Waals surface area contributed by atoms with Crippen molar-refractivity contribution >= 4 is 17.0 Å². The molecule has 0 aliphatic carbocycles. The maximum Gasteiger partial charge on any atom is 0.420 e. The summed E-state index contributed by atoms with van der Waals surface area (Å²) in [5.41, 5.74) is 0.488. The largest absolute Gasteiger partial charge is 0.420 e. The van der Waals surface area contributed by atoms with Crippen LogP contribution < -0.4 is 16.4 Å². The number of nitrogens with zero attached hydrogens (tertiary/aromatic N) is 2. The second-order valence-electron chi connectivity index (χ2n) is 8.66. The predicted molar refractivity (Wildman–Crippen MR) is 122 cm³/mol. The highest BCUT2D eigenvalue weighted by atomic mass is 19.4. The summed E-state index contributed by atoms with van der Waals surface area (Å²) in [5, 5.41) is 24.1. The molecule has 12 heteroatoms. The fraction of sp³-hybridized carbons (Fsp3) is 0.375. The number of oxazole rings is 1. The lowest BCUT2D eigenvalue weighted by Crippen LogP contribution is -2.54. The Morgan fingerprint density at radius 3 is 2.67 bits per heavy atom. The highest BCUT2D eigenvalue weighted by Gasteiger charge is 2.55. The third-order valence-corrected chi connectivity index (χ3v) is 6.08. The van der Waals surface area contributed by atoms with Gasteiger partial charge in [-0.1, -0.05) is 30.3 Å². The summed E-state index contributed by atoms with van der Waals surface area (Å²) in [6.45, 7) is -2.15. The van der Waals surface area contributed by atoms with Gasteiger partial charge in [0, 0.05) is 26.6 Å². The number of carbonyl (C=O) groups excluding carboxylic acids is 1. The van der Waals surface area contributed by atoms with Crippen molar-refractivity contribution in [3.63, 3.8) is 0 Å². The van der Waals surface area contributed by atoms with Gasteiger partial charge in [-0.05, 0) is 28.8 Å². The first kappa shape index (κ1) is 25.4. The molecule has 4 rings (SSSR count). The predicted octanol–water partition coefficient (Wildman–Crippen LogP) is 1.63. The quantitative estimate of drug-likeness (QED) is 0.482. The smallest absolute Gasteiger partial charge is 0.408 e. The number of ether oxygens (including phenoxy) is 1. The van der Waals surface area contributed by atoms with Crippen molar-refractivity contribution in [1.29, 1.82) is 5.26 Å². The van der Waals surface area contributed by atoms with Gasteiger partial charge < -0.3 is 24.9 Å². The van der Waals surface area contributed by atoms with E-state index in [0.29, 0.717) is 11.1 Å². The Kier molecular flexibility index (Phi) is 6.90. The van der Waals surface area contributed by atoms with Gasteiger partial charge in [-0.25, -0.2) is 4.79 Å². The van der Waals surface area contributed by atoms with Crippen molar-refractivity contribution < 1.29 is 32.2 Å². The molecule has 0 bridgehead atoms. The van der Waals surface area contributed by atoms with Crippen LogP contribution in [0.25, 0.3) is 22.2 Å². The fourth-order valence-corrected chi connectivity index (χ4v) is 3.88. The summed E-state index contributed by atoms with van der Waals surface area (Å²) in [6.07, 6.45) is -6.06. The number of aryl methyl sites for hydroxylation is 1. The van der Waals surface area contributed by atoms with Gasteiger partial charge in [0.2, 0.25) is 0 Å². The zero-order valence-corrected chi connectivity index (χ0v) is 19.1. The minimum absolute atomic E-state index is 0.157. The highest BCUT2D eigenvalue weighted by Crippen LogP contribution is 2.31. The van der Waals surface area contributed by atoms with Gasteiger partial charge in [-0.3, -0.25) is 9.36 Å². The fourth-order valence-electron chi connectivity index (χ4n) is 3.88. The number of aliphatic hydroxyl groups is 1. The number of fused-ring (bicyclic) bond motifs is 1. The van der Waals surface area contributed by atoms with E-state index in [4.69, 9.17) is 9.15 Å². The summed E-state index contributed by atoms with van der Waals surface area (Å²) in [4.78, 5) is 24.2. The van der Waals surface area contributed by atoms with E-state index < -0.39 is 48.7 Å². The van der Waals surface area contributed by atoms with Crippen molar-refractivity contribution in [2.75, 3.05) is 19.7 Å². The van der Waals surface area contributed by atoms with Gasteiger partial charge >= 0.3 is 11.9 Å². The van der Waals surface area contributed by atoms with E-state index in [-0.39, 0.29) is 13.0 Å². The maximum atomic E-state index is 13.0. The highest BCUT2D eigenvalue weighted by molar-refractivity contribution is 5.82. The van der Waals surface area contributed by atoms with E-state index in [2.05, 4.69) is 10.6 Å². The summed E-state index contributed by atoms with van der Waals surface area (Å²) in [5.74, 6) is -1.21. The number of carbonyl (C=O) groups is 1. The average molecular weight is 504 g/mol. The SMILES string of the molecule is Cn1c(=O)oc2ccc(-c3ccc(C[C@@H](C#N)NC(=O)C4CNCC(O)(C(F)(F)F)CO4)cc3)cc21. The van der Waals surface area contributed by atoms with Crippen molar-refractivity contribution in [2.45, 2.75) is 30.3 Å². The maximum absolute atomic E-state index is 13.0. The van der Waals surface area contributed by atoms with Gasteiger partial charge in [0.15, 0.2) is 11.2 Å². The van der Waals surface area contributed by atoms with E-state index in [1.54, 1.807) is 25.2 Å². The Balaban J connectivity index is 1.39. The van der Waals surface area contributed by atoms with Crippen LogP contribution in [0.4, 0.5) is 13.2 Å². The van der Waals surface area contributed by atoms with E-state index in [1.165, 1.54) is 4.57 Å². The topological polar surface area (TPSA) is 130 Å². The number of hydrogen-bond acceptors (Lipinski definition) is 7. The molecule has 1 saturated heterocycles. The summed E-state index contributed by atoms with van der Waals surface area (Å²) in [6, 6.07) is 13.6. The third-order valence-electron chi connectivity index (χ3n) is 6.08. The Bertz CT molecular complexity index is 1360. The van der Waals surface area contributed by atoms with E-state index in [0.717, 1.165) is 16.7 Å². The molecule has 2 aromatic carbocycles. The van der Waals surface area contributed by atoms with Crippen molar-refractivity contribution in [3.8, 4) is 17.2 Å². The lowest BCUT2D eigenvalue weighted by atomic mass is 10.0.